The number of carboxylic acids is 1. The smallest absolute Gasteiger partial charge is 0.352 e. The van der Waals surface area contributed by atoms with Gasteiger partial charge in [-0.15, -0.1) is 0 Å². The van der Waals surface area contributed by atoms with Gasteiger partial charge in [-0.25, -0.2) is 9.78 Å². The number of aryl methyl sites for hydroxylation is 1. The van der Waals surface area contributed by atoms with E-state index in [9.17, 15) is 9.90 Å². The molecule has 5 aromatic rings. The van der Waals surface area contributed by atoms with Crippen molar-refractivity contribution in [2.45, 2.75) is 32.4 Å². The first-order chi connectivity index (χ1) is 18.5. The molecule has 0 spiro atoms. The molecule has 2 aromatic carbocycles. The third kappa shape index (κ3) is 4.85. The topological polar surface area (TPSA) is 83.3 Å². The summed E-state index contributed by atoms with van der Waals surface area (Å²) >= 11 is 0. The maximum atomic E-state index is 11.6. The molecule has 4 heterocycles. The summed E-state index contributed by atoms with van der Waals surface area (Å²) in [4.78, 5) is 23.3. The predicted molar refractivity (Wildman–Crippen MR) is 151 cm³/mol. The highest BCUT2D eigenvalue weighted by Gasteiger charge is 2.14. The van der Waals surface area contributed by atoms with Crippen molar-refractivity contribution in [2.75, 3.05) is 18.4 Å². The molecule has 1 fully saturated rings. The minimum atomic E-state index is -0.937. The highest BCUT2D eigenvalue weighted by molar-refractivity contribution is 5.97. The van der Waals surface area contributed by atoms with E-state index in [1.165, 1.54) is 43.5 Å². The van der Waals surface area contributed by atoms with Crippen LogP contribution < -0.4 is 5.32 Å². The number of carbonyl (C=O) groups is 1. The van der Waals surface area contributed by atoms with Gasteiger partial charge in [0.2, 0.25) is 0 Å². The zero-order chi connectivity index (χ0) is 26.1. The Labute approximate surface area is 221 Å². The Morgan fingerprint density at radius 1 is 0.974 bits per heavy atom. The second-order valence-electron chi connectivity index (χ2n) is 10.1. The monoisotopic (exact) mass is 505 g/mol. The number of anilines is 1. The predicted octanol–water partition coefficient (Wildman–Crippen LogP) is 6.08. The Hall–Kier alpha value is -4.23. The van der Waals surface area contributed by atoms with Crippen molar-refractivity contribution >= 4 is 33.5 Å². The summed E-state index contributed by atoms with van der Waals surface area (Å²) in [6.45, 7) is 4.12. The number of pyridine rings is 2. The Morgan fingerprint density at radius 3 is 2.55 bits per heavy atom. The lowest BCUT2D eigenvalue weighted by Gasteiger charge is -2.26. The third-order valence-electron chi connectivity index (χ3n) is 7.53. The Kier molecular flexibility index (Phi) is 6.52. The van der Waals surface area contributed by atoms with Crippen molar-refractivity contribution in [3.63, 3.8) is 0 Å². The molecule has 6 rings (SSSR count). The lowest BCUT2D eigenvalue weighted by molar-refractivity contribution is 0.0687. The van der Waals surface area contributed by atoms with E-state index in [0.29, 0.717) is 6.54 Å². The zero-order valence-corrected chi connectivity index (χ0v) is 21.5. The summed E-state index contributed by atoms with van der Waals surface area (Å²) in [5.74, 6) is -0.937. The standard InChI is InChI=1S/C31H31N5O2/c1-35-29-10-9-23(15-24(29)16-30(35)31(37)38)27-17-28(25-19-32-12-11-26(25)34-27)33-18-21-5-7-22(8-6-21)20-36-13-3-2-4-14-36/h5-12,15-17,19H,2-4,13-14,18,20H2,1H3,(H,33,34)(H,37,38). The van der Waals surface area contributed by atoms with Crippen molar-refractivity contribution in [1.29, 1.82) is 0 Å². The van der Waals surface area contributed by atoms with E-state index in [-0.39, 0.29) is 5.69 Å². The molecule has 7 nitrogen and oxygen atoms in total. The number of aromatic carboxylic acids is 1. The molecule has 0 unspecified atom stereocenters. The molecule has 0 aliphatic carbocycles. The molecule has 1 aliphatic heterocycles. The number of carboxylic acid groups (broad SMARTS) is 1. The van der Waals surface area contributed by atoms with Crippen LogP contribution in [0.25, 0.3) is 33.1 Å². The fourth-order valence-corrected chi connectivity index (χ4v) is 5.41. The molecule has 1 aliphatic rings. The van der Waals surface area contributed by atoms with Crippen LogP contribution in [0.3, 0.4) is 0 Å². The highest BCUT2D eigenvalue weighted by atomic mass is 16.4. The first-order valence-corrected chi connectivity index (χ1v) is 13.2. The Balaban J connectivity index is 1.26. The van der Waals surface area contributed by atoms with Gasteiger partial charge in [-0.3, -0.25) is 9.88 Å². The van der Waals surface area contributed by atoms with Crippen LogP contribution in [0.1, 0.15) is 40.9 Å². The first kappa shape index (κ1) is 24.1. The van der Waals surface area contributed by atoms with E-state index in [1.807, 2.05) is 30.5 Å². The second kappa shape index (κ2) is 10.3. The number of piperidine rings is 1. The van der Waals surface area contributed by atoms with Gasteiger partial charge in [-0.2, -0.15) is 0 Å². The largest absolute Gasteiger partial charge is 0.477 e. The quantitative estimate of drug-likeness (QED) is 0.279. The molecule has 0 amide bonds. The SMILES string of the molecule is Cn1c(C(=O)O)cc2cc(-c3cc(NCc4ccc(CN5CCCCC5)cc4)c4cnccc4n3)ccc21. The number of fused-ring (bicyclic) bond motifs is 2. The molecule has 0 radical (unpaired) electrons. The van der Waals surface area contributed by atoms with Gasteiger partial charge in [-0.05, 0) is 67.4 Å². The fourth-order valence-electron chi connectivity index (χ4n) is 5.41. The van der Waals surface area contributed by atoms with E-state index in [1.54, 1.807) is 23.9 Å². The lowest BCUT2D eigenvalue weighted by atomic mass is 10.1. The molecule has 1 saturated heterocycles. The molecule has 2 N–H and O–H groups in total. The number of hydrogen-bond donors (Lipinski definition) is 2. The molecule has 3 aromatic heterocycles. The van der Waals surface area contributed by atoms with Gasteiger partial charge in [0.15, 0.2) is 0 Å². The summed E-state index contributed by atoms with van der Waals surface area (Å²) in [5, 5.41) is 14.9. The summed E-state index contributed by atoms with van der Waals surface area (Å²) < 4.78 is 1.70. The number of likely N-dealkylation sites (tertiary alicyclic amines) is 1. The molecule has 0 saturated carbocycles. The van der Waals surface area contributed by atoms with Crippen LogP contribution in [0.4, 0.5) is 5.69 Å². The van der Waals surface area contributed by atoms with E-state index >= 15 is 0 Å². The molecule has 192 valence electrons. The first-order valence-electron chi connectivity index (χ1n) is 13.2. The molecular formula is C31H31N5O2. The number of nitrogens with zero attached hydrogens (tertiary/aromatic N) is 4. The molecule has 7 heteroatoms. The summed E-state index contributed by atoms with van der Waals surface area (Å²) in [7, 11) is 1.77. The normalized spacial score (nSPS) is 14.2. The van der Waals surface area contributed by atoms with Crippen LogP contribution in [0.15, 0.2) is 73.1 Å². The molecular weight excluding hydrogens is 474 g/mol. The average molecular weight is 506 g/mol. The van der Waals surface area contributed by atoms with Gasteiger partial charge in [-0.1, -0.05) is 36.8 Å². The number of rotatable bonds is 7. The highest BCUT2D eigenvalue weighted by Crippen LogP contribution is 2.31. The van der Waals surface area contributed by atoms with Gasteiger partial charge in [0, 0.05) is 60.1 Å². The number of aromatic nitrogens is 3. The van der Waals surface area contributed by atoms with Gasteiger partial charge >= 0.3 is 5.97 Å². The maximum absolute atomic E-state index is 11.6. The van der Waals surface area contributed by atoms with Crippen molar-refractivity contribution in [1.82, 2.24) is 19.4 Å². The van der Waals surface area contributed by atoms with E-state index in [2.05, 4.69) is 45.5 Å². The summed E-state index contributed by atoms with van der Waals surface area (Å²) in [6, 6.07) is 20.5. The van der Waals surface area contributed by atoms with Crippen LogP contribution in [-0.4, -0.2) is 43.6 Å². The third-order valence-corrected chi connectivity index (χ3v) is 7.53. The number of benzene rings is 2. The molecule has 0 bridgehead atoms. The summed E-state index contributed by atoms with van der Waals surface area (Å²) in [6.07, 6.45) is 7.57. The molecule has 38 heavy (non-hydrogen) atoms. The van der Waals surface area contributed by atoms with Crippen molar-refractivity contribution in [2.24, 2.45) is 7.05 Å². The maximum Gasteiger partial charge on any atom is 0.352 e. The van der Waals surface area contributed by atoms with E-state index in [0.717, 1.165) is 45.3 Å². The van der Waals surface area contributed by atoms with Gasteiger partial charge < -0.3 is 15.0 Å². The Bertz CT molecular complexity index is 1620. The van der Waals surface area contributed by atoms with Crippen LogP contribution >= 0.6 is 0 Å². The number of hydrogen-bond acceptors (Lipinski definition) is 5. The minimum Gasteiger partial charge on any atom is -0.477 e. The minimum absolute atomic E-state index is 0.263. The van der Waals surface area contributed by atoms with Crippen molar-refractivity contribution < 1.29 is 9.90 Å². The van der Waals surface area contributed by atoms with Gasteiger partial charge in [0.05, 0.1) is 11.2 Å². The zero-order valence-electron chi connectivity index (χ0n) is 21.5. The van der Waals surface area contributed by atoms with Gasteiger partial charge in [0.25, 0.3) is 0 Å². The second-order valence-corrected chi connectivity index (χ2v) is 10.1. The average Bonchev–Trinajstić information content (AvgIpc) is 3.29. The lowest BCUT2D eigenvalue weighted by Crippen LogP contribution is -2.29. The number of nitrogens with one attached hydrogen (secondary N) is 1. The van der Waals surface area contributed by atoms with Crippen LogP contribution in [0.2, 0.25) is 0 Å². The Morgan fingerprint density at radius 2 is 1.76 bits per heavy atom. The van der Waals surface area contributed by atoms with Crippen LogP contribution in [-0.2, 0) is 20.1 Å². The van der Waals surface area contributed by atoms with Crippen molar-refractivity contribution in [3.8, 4) is 11.3 Å². The van der Waals surface area contributed by atoms with Crippen molar-refractivity contribution in [3.05, 3.63) is 89.9 Å². The molecule has 0 atom stereocenters. The van der Waals surface area contributed by atoms with E-state index < -0.39 is 5.97 Å². The van der Waals surface area contributed by atoms with Gasteiger partial charge in [0.1, 0.15) is 5.69 Å². The summed E-state index contributed by atoms with van der Waals surface area (Å²) in [5.41, 5.74) is 7.30. The van der Waals surface area contributed by atoms with Crippen LogP contribution in [0.5, 0.6) is 0 Å². The fraction of sp³-hybridized carbons (Fsp3) is 0.258. The van der Waals surface area contributed by atoms with Crippen LogP contribution in [0, 0.1) is 0 Å². The van der Waals surface area contributed by atoms with E-state index in [4.69, 9.17) is 4.98 Å².